The van der Waals surface area contributed by atoms with Crippen molar-refractivity contribution in [3.05, 3.63) is 137 Å². The molecule has 1 fully saturated rings. The Labute approximate surface area is 243 Å². The number of amides is 2. The second kappa shape index (κ2) is 13.2. The molecule has 8 heteroatoms. The van der Waals surface area contributed by atoms with Crippen LogP contribution in [-0.2, 0) is 25.7 Å². The van der Waals surface area contributed by atoms with Gasteiger partial charge in [0.2, 0.25) is 0 Å². The van der Waals surface area contributed by atoms with E-state index in [9.17, 15) is 22.4 Å². The molecule has 1 aliphatic rings. The summed E-state index contributed by atoms with van der Waals surface area (Å²) in [6.45, 7) is 2.63. The number of benzene rings is 4. The summed E-state index contributed by atoms with van der Waals surface area (Å²) in [5, 5.41) is 2.52. The van der Waals surface area contributed by atoms with E-state index in [0.717, 1.165) is 43.8 Å². The maximum Gasteiger partial charge on any atom is 0.416 e. The first-order chi connectivity index (χ1) is 20.2. The van der Waals surface area contributed by atoms with Crippen molar-refractivity contribution in [2.45, 2.75) is 44.6 Å². The summed E-state index contributed by atoms with van der Waals surface area (Å²) in [5.74, 6) is -1.06. The number of likely N-dealkylation sites (tertiary alicyclic amines) is 1. The van der Waals surface area contributed by atoms with Gasteiger partial charge in [0, 0.05) is 37.9 Å². The highest BCUT2D eigenvalue weighted by molar-refractivity contribution is 5.89. The van der Waals surface area contributed by atoms with Crippen LogP contribution in [0.1, 0.15) is 40.7 Å². The van der Waals surface area contributed by atoms with Crippen LogP contribution in [0.15, 0.2) is 103 Å². The zero-order valence-corrected chi connectivity index (χ0v) is 23.2. The van der Waals surface area contributed by atoms with Crippen LogP contribution < -0.4 is 5.32 Å². The molecule has 1 N–H and O–H groups in total. The molecule has 0 aliphatic carbocycles. The van der Waals surface area contributed by atoms with Crippen LogP contribution in [0.2, 0.25) is 0 Å². The number of alkyl halides is 3. The van der Waals surface area contributed by atoms with Gasteiger partial charge in [-0.1, -0.05) is 84.9 Å². The van der Waals surface area contributed by atoms with Crippen LogP contribution in [0.3, 0.4) is 0 Å². The summed E-state index contributed by atoms with van der Waals surface area (Å²) >= 11 is 0. The molecule has 1 heterocycles. The molecule has 0 spiro atoms. The van der Waals surface area contributed by atoms with Crippen molar-refractivity contribution in [1.82, 2.24) is 9.80 Å². The first-order valence-corrected chi connectivity index (χ1v) is 14.1. The molecule has 42 heavy (non-hydrogen) atoms. The lowest BCUT2D eigenvalue weighted by molar-refractivity contribution is -0.137. The van der Waals surface area contributed by atoms with Gasteiger partial charge in [-0.05, 0) is 59.7 Å². The zero-order valence-electron chi connectivity index (χ0n) is 23.2. The van der Waals surface area contributed by atoms with E-state index in [1.807, 2.05) is 48.5 Å². The summed E-state index contributed by atoms with van der Waals surface area (Å²) in [4.78, 5) is 17.4. The van der Waals surface area contributed by atoms with Gasteiger partial charge < -0.3 is 10.2 Å². The molecular formula is C34H33F4N3O. The quantitative estimate of drug-likeness (QED) is 0.215. The molecule has 0 aromatic heterocycles. The monoisotopic (exact) mass is 575 g/mol. The molecule has 4 aromatic carbocycles. The van der Waals surface area contributed by atoms with Crippen LogP contribution in [0.25, 0.3) is 0 Å². The zero-order chi connectivity index (χ0) is 29.5. The predicted molar refractivity (Wildman–Crippen MR) is 156 cm³/mol. The van der Waals surface area contributed by atoms with Crippen LogP contribution >= 0.6 is 0 Å². The average Bonchev–Trinajstić information content (AvgIpc) is 2.98. The van der Waals surface area contributed by atoms with E-state index in [-0.39, 0.29) is 11.7 Å². The average molecular weight is 576 g/mol. The molecule has 0 bridgehead atoms. The molecular weight excluding hydrogens is 542 g/mol. The van der Waals surface area contributed by atoms with Gasteiger partial charge in [-0.2, -0.15) is 13.2 Å². The summed E-state index contributed by atoms with van der Waals surface area (Å²) < 4.78 is 53.7. The Morgan fingerprint density at radius 1 is 0.786 bits per heavy atom. The lowest BCUT2D eigenvalue weighted by Gasteiger charge is -2.38. The van der Waals surface area contributed by atoms with Gasteiger partial charge in [-0.25, -0.2) is 9.18 Å². The highest BCUT2D eigenvalue weighted by Gasteiger charge is 2.32. The van der Waals surface area contributed by atoms with Crippen molar-refractivity contribution in [3.8, 4) is 0 Å². The molecule has 1 saturated heterocycles. The van der Waals surface area contributed by atoms with E-state index in [1.165, 1.54) is 16.7 Å². The molecule has 218 valence electrons. The van der Waals surface area contributed by atoms with E-state index in [2.05, 4.69) is 46.6 Å². The largest absolute Gasteiger partial charge is 0.416 e. The Balaban J connectivity index is 1.22. The third-order valence-corrected chi connectivity index (χ3v) is 7.61. The van der Waals surface area contributed by atoms with Gasteiger partial charge in [0.25, 0.3) is 0 Å². The number of anilines is 1. The van der Waals surface area contributed by atoms with Crippen molar-refractivity contribution in [2.75, 3.05) is 18.4 Å². The molecule has 4 nitrogen and oxygen atoms in total. The van der Waals surface area contributed by atoms with Gasteiger partial charge in [-0.3, -0.25) is 4.90 Å². The smallest absolute Gasteiger partial charge is 0.317 e. The van der Waals surface area contributed by atoms with E-state index >= 15 is 0 Å². The Bertz CT molecular complexity index is 1450. The van der Waals surface area contributed by atoms with Crippen LogP contribution in [-0.4, -0.2) is 35.0 Å². The molecule has 4 aromatic rings. The summed E-state index contributed by atoms with van der Waals surface area (Å²) in [6.07, 6.45) is -2.41. The minimum absolute atomic E-state index is 0.120. The van der Waals surface area contributed by atoms with E-state index in [4.69, 9.17) is 0 Å². The number of carbonyl (C=O) groups excluding carboxylic acids is 1. The van der Waals surface area contributed by atoms with Gasteiger partial charge in [0.15, 0.2) is 0 Å². The lowest BCUT2D eigenvalue weighted by atomic mass is 10.0. The Morgan fingerprint density at radius 2 is 1.36 bits per heavy atom. The van der Waals surface area contributed by atoms with Crippen molar-refractivity contribution in [2.24, 2.45) is 0 Å². The maximum absolute atomic E-state index is 14.0. The Hall–Kier alpha value is -4.17. The molecule has 0 unspecified atom stereocenters. The highest BCUT2D eigenvalue weighted by Crippen LogP contribution is 2.32. The van der Waals surface area contributed by atoms with Crippen LogP contribution in [0.4, 0.5) is 28.0 Å². The third kappa shape index (κ3) is 7.97. The van der Waals surface area contributed by atoms with E-state index < -0.39 is 23.6 Å². The fourth-order valence-electron chi connectivity index (χ4n) is 5.41. The number of nitrogens with one attached hydrogen (secondary N) is 1. The van der Waals surface area contributed by atoms with Crippen molar-refractivity contribution >= 4 is 11.7 Å². The number of halogens is 4. The fraction of sp³-hybridized carbons (Fsp3) is 0.265. The van der Waals surface area contributed by atoms with E-state index in [0.29, 0.717) is 25.5 Å². The number of carbonyl (C=O) groups is 1. The van der Waals surface area contributed by atoms with Gasteiger partial charge >= 0.3 is 12.2 Å². The standard InChI is InChI=1S/C34H33F4N3O/c35-30-20-29(34(36,37)38)21-31(22-30)39-33(42)41(24-27-9-5-2-6-10-27)32-15-17-40(18-16-32)23-28-13-11-26(12-14-28)19-25-7-3-1-4-8-25/h1-14,20-22,32H,15-19,23-24H2,(H,39,42). The topological polar surface area (TPSA) is 35.6 Å². The maximum atomic E-state index is 14.0. The summed E-state index contributed by atoms with van der Waals surface area (Å²) in [5.41, 5.74) is 3.28. The fourth-order valence-corrected chi connectivity index (χ4v) is 5.41. The Morgan fingerprint density at radius 3 is 1.98 bits per heavy atom. The van der Waals surface area contributed by atoms with Crippen molar-refractivity contribution in [1.29, 1.82) is 0 Å². The summed E-state index contributed by atoms with van der Waals surface area (Å²) in [7, 11) is 0. The molecule has 0 saturated carbocycles. The van der Waals surface area contributed by atoms with E-state index in [1.54, 1.807) is 4.90 Å². The summed E-state index contributed by atoms with van der Waals surface area (Å²) in [6, 6.07) is 29.9. The molecule has 0 radical (unpaired) electrons. The second-order valence-corrected chi connectivity index (χ2v) is 10.8. The lowest BCUT2D eigenvalue weighted by Crippen LogP contribution is -2.48. The minimum atomic E-state index is -4.72. The first-order valence-electron chi connectivity index (χ1n) is 14.1. The molecule has 0 atom stereocenters. The van der Waals surface area contributed by atoms with Crippen LogP contribution in [0.5, 0.6) is 0 Å². The van der Waals surface area contributed by atoms with Crippen LogP contribution in [0, 0.1) is 5.82 Å². The number of rotatable bonds is 8. The third-order valence-electron chi connectivity index (χ3n) is 7.61. The second-order valence-electron chi connectivity index (χ2n) is 10.8. The number of hydrogen-bond acceptors (Lipinski definition) is 2. The minimum Gasteiger partial charge on any atom is -0.317 e. The highest BCUT2D eigenvalue weighted by atomic mass is 19.4. The van der Waals surface area contributed by atoms with Gasteiger partial charge in [-0.15, -0.1) is 0 Å². The number of urea groups is 1. The number of piperidine rings is 1. The molecule has 2 amide bonds. The predicted octanol–water partition coefficient (Wildman–Crippen LogP) is 8.13. The number of nitrogens with zero attached hydrogens (tertiary/aromatic N) is 2. The van der Waals surface area contributed by atoms with Crippen molar-refractivity contribution in [3.63, 3.8) is 0 Å². The van der Waals surface area contributed by atoms with Gasteiger partial charge in [0.05, 0.1) is 5.56 Å². The van der Waals surface area contributed by atoms with Gasteiger partial charge in [0.1, 0.15) is 5.82 Å². The first kappa shape index (κ1) is 29.3. The molecule has 5 rings (SSSR count). The number of hydrogen-bond donors (Lipinski definition) is 1. The SMILES string of the molecule is O=C(Nc1cc(F)cc(C(F)(F)F)c1)N(Cc1ccccc1)C1CCN(Cc2ccc(Cc3ccccc3)cc2)CC1. The van der Waals surface area contributed by atoms with Crippen molar-refractivity contribution < 1.29 is 22.4 Å². The normalized spacial score (nSPS) is 14.5. The Kier molecular flexibility index (Phi) is 9.22. The molecule has 1 aliphatic heterocycles.